The molecule has 0 unspecified atom stereocenters. The molecule has 126 valence electrons. The Kier molecular flexibility index (Phi) is 4.57. The van der Waals surface area contributed by atoms with Crippen LogP contribution < -0.4 is 5.32 Å². The number of H-pyrrole nitrogens is 1. The molecule has 0 aliphatic carbocycles. The van der Waals surface area contributed by atoms with Crippen LogP contribution in [0.25, 0.3) is 22.2 Å². The predicted octanol–water partition coefficient (Wildman–Crippen LogP) is 4.67. The van der Waals surface area contributed by atoms with E-state index in [4.69, 9.17) is 0 Å². The third-order valence-corrected chi connectivity index (χ3v) is 3.80. The van der Waals surface area contributed by atoms with E-state index in [1.807, 2.05) is 24.3 Å². The maximum atomic E-state index is 13.5. The number of fused-ring (bicyclic) bond motifs is 1. The fourth-order valence-corrected chi connectivity index (χ4v) is 2.79. The number of para-hydroxylation sites is 1. The summed E-state index contributed by atoms with van der Waals surface area (Å²) in [5, 5.41) is 3.34. The van der Waals surface area contributed by atoms with Crippen molar-refractivity contribution in [2.75, 3.05) is 13.1 Å². The highest BCUT2D eigenvalue weighted by atomic mass is 19.4. The highest BCUT2D eigenvalue weighted by molar-refractivity contribution is 5.90. The molecule has 0 atom stereocenters. The number of aromatic amines is 1. The second-order valence-electron chi connectivity index (χ2n) is 5.58. The molecule has 0 spiro atoms. The fourth-order valence-electron chi connectivity index (χ4n) is 2.79. The van der Waals surface area contributed by atoms with E-state index in [-0.39, 0.29) is 12.4 Å². The van der Waals surface area contributed by atoms with Crippen LogP contribution in [0.5, 0.6) is 0 Å². The van der Waals surface area contributed by atoms with Crippen molar-refractivity contribution in [3.8, 4) is 11.3 Å². The molecular formula is C18H16F4N2. The van der Waals surface area contributed by atoms with Crippen LogP contribution in [0.3, 0.4) is 0 Å². The lowest BCUT2D eigenvalue weighted by molar-refractivity contribution is -0.124. The SMILES string of the molecule is Fc1cccc(-c2[nH]c3ccccc3c2CCNCC(F)(F)F)c1. The average Bonchev–Trinajstić information content (AvgIpc) is 2.89. The maximum absolute atomic E-state index is 13.5. The molecule has 2 aromatic carbocycles. The minimum atomic E-state index is -4.23. The Bertz CT molecular complexity index is 836. The van der Waals surface area contributed by atoms with Crippen LogP contribution >= 0.6 is 0 Å². The molecule has 0 aliphatic rings. The van der Waals surface area contributed by atoms with Crippen LogP contribution in [-0.2, 0) is 6.42 Å². The Hall–Kier alpha value is -2.34. The lowest BCUT2D eigenvalue weighted by Gasteiger charge is -2.09. The van der Waals surface area contributed by atoms with Crippen molar-refractivity contribution in [3.05, 3.63) is 59.9 Å². The van der Waals surface area contributed by atoms with E-state index < -0.39 is 12.7 Å². The van der Waals surface area contributed by atoms with Crippen molar-refractivity contribution in [1.82, 2.24) is 10.3 Å². The zero-order valence-corrected chi connectivity index (χ0v) is 12.8. The van der Waals surface area contributed by atoms with Crippen molar-refractivity contribution >= 4 is 10.9 Å². The summed E-state index contributed by atoms with van der Waals surface area (Å²) in [5.74, 6) is -0.354. The van der Waals surface area contributed by atoms with E-state index in [1.54, 1.807) is 12.1 Å². The predicted molar refractivity (Wildman–Crippen MR) is 86.3 cm³/mol. The van der Waals surface area contributed by atoms with Gasteiger partial charge in [0.1, 0.15) is 5.82 Å². The number of hydrogen-bond acceptors (Lipinski definition) is 1. The van der Waals surface area contributed by atoms with Crippen LogP contribution in [-0.4, -0.2) is 24.2 Å². The zero-order chi connectivity index (χ0) is 17.2. The maximum Gasteiger partial charge on any atom is 0.401 e. The first-order chi connectivity index (χ1) is 11.4. The number of benzene rings is 2. The van der Waals surface area contributed by atoms with Gasteiger partial charge in [-0.05, 0) is 36.7 Å². The van der Waals surface area contributed by atoms with E-state index in [2.05, 4.69) is 10.3 Å². The molecule has 1 aromatic heterocycles. The molecule has 0 bridgehead atoms. The van der Waals surface area contributed by atoms with Gasteiger partial charge in [-0.2, -0.15) is 13.2 Å². The van der Waals surface area contributed by atoms with E-state index in [1.165, 1.54) is 12.1 Å². The molecule has 0 saturated carbocycles. The molecule has 3 aromatic rings. The number of rotatable bonds is 5. The largest absolute Gasteiger partial charge is 0.401 e. The molecule has 0 saturated heterocycles. The van der Waals surface area contributed by atoms with E-state index in [9.17, 15) is 17.6 Å². The van der Waals surface area contributed by atoms with Crippen molar-refractivity contribution in [2.45, 2.75) is 12.6 Å². The second-order valence-corrected chi connectivity index (χ2v) is 5.58. The van der Waals surface area contributed by atoms with Gasteiger partial charge in [-0.1, -0.05) is 30.3 Å². The van der Waals surface area contributed by atoms with Gasteiger partial charge in [0.2, 0.25) is 0 Å². The summed E-state index contributed by atoms with van der Waals surface area (Å²) in [6, 6.07) is 13.7. The van der Waals surface area contributed by atoms with Crippen molar-refractivity contribution in [3.63, 3.8) is 0 Å². The van der Waals surface area contributed by atoms with Crippen LogP contribution in [0.4, 0.5) is 17.6 Å². The number of alkyl halides is 3. The topological polar surface area (TPSA) is 27.8 Å². The lowest BCUT2D eigenvalue weighted by atomic mass is 10.0. The first-order valence-electron chi connectivity index (χ1n) is 7.57. The Morgan fingerprint density at radius 2 is 1.79 bits per heavy atom. The monoisotopic (exact) mass is 336 g/mol. The van der Waals surface area contributed by atoms with Crippen molar-refractivity contribution < 1.29 is 17.6 Å². The first-order valence-corrected chi connectivity index (χ1v) is 7.57. The summed E-state index contributed by atoms with van der Waals surface area (Å²) in [4.78, 5) is 3.25. The molecule has 0 amide bonds. The Morgan fingerprint density at radius 1 is 1.00 bits per heavy atom. The van der Waals surface area contributed by atoms with Gasteiger partial charge in [-0.25, -0.2) is 4.39 Å². The van der Waals surface area contributed by atoms with Gasteiger partial charge < -0.3 is 10.3 Å². The molecule has 6 heteroatoms. The zero-order valence-electron chi connectivity index (χ0n) is 12.8. The average molecular weight is 336 g/mol. The van der Waals surface area contributed by atoms with Crippen molar-refractivity contribution in [1.29, 1.82) is 0 Å². The summed E-state index contributed by atoms with van der Waals surface area (Å²) in [6.45, 7) is -0.839. The Balaban J connectivity index is 1.91. The molecule has 1 heterocycles. The summed E-state index contributed by atoms with van der Waals surface area (Å²) in [6.07, 6.45) is -3.82. The van der Waals surface area contributed by atoms with Gasteiger partial charge >= 0.3 is 6.18 Å². The van der Waals surface area contributed by atoms with Crippen LogP contribution in [0.15, 0.2) is 48.5 Å². The number of halogens is 4. The van der Waals surface area contributed by atoms with E-state index in [0.717, 1.165) is 22.2 Å². The number of hydrogen-bond donors (Lipinski definition) is 2. The Morgan fingerprint density at radius 3 is 2.54 bits per heavy atom. The summed E-state index contributed by atoms with van der Waals surface area (Å²) in [7, 11) is 0. The van der Waals surface area contributed by atoms with Crippen LogP contribution in [0.2, 0.25) is 0 Å². The molecular weight excluding hydrogens is 320 g/mol. The van der Waals surface area contributed by atoms with E-state index >= 15 is 0 Å². The Labute approximate surface area is 136 Å². The highest BCUT2D eigenvalue weighted by Gasteiger charge is 2.26. The molecule has 3 rings (SSSR count). The van der Waals surface area contributed by atoms with Gasteiger partial charge in [0.25, 0.3) is 0 Å². The van der Waals surface area contributed by atoms with Crippen LogP contribution in [0.1, 0.15) is 5.56 Å². The standard InChI is InChI=1S/C18H16F4N2/c19-13-5-3-4-12(10-13)17-15(8-9-23-11-18(20,21)22)14-6-1-2-7-16(14)24-17/h1-7,10,23-24H,8-9,11H2. The quantitative estimate of drug-likeness (QED) is 0.514. The summed E-state index contributed by atoms with van der Waals surface area (Å²) < 4.78 is 50.3. The number of aromatic nitrogens is 1. The first kappa shape index (κ1) is 16.5. The smallest absolute Gasteiger partial charge is 0.354 e. The van der Waals surface area contributed by atoms with Gasteiger partial charge in [0.05, 0.1) is 6.54 Å². The number of nitrogens with one attached hydrogen (secondary N) is 2. The third kappa shape index (κ3) is 3.76. The molecule has 2 N–H and O–H groups in total. The third-order valence-electron chi connectivity index (χ3n) is 3.80. The van der Waals surface area contributed by atoms with Gasteiger partial charge in [-0.15, -0.1) is 0 Å². The normalized spacial score (nSPS) is 12.0. The van der Waals surface area contributed by atoms with Gasteiger partial charge in [-0.3, -0.25) is 0 Å². The van der Waals surface area contributed by atoms with E-state index in [0.29, 0.717) is 12.0 Å². The summed E-state index contributed by atoms with van der Waals surface area (Å²) in [5.41, 5.74) is 3.18. The van der Waals surface area contributed by atoms with Gasteiger partial charge in [0.15, 0.2) is 0 Å². The highest BCUT2D eigenvalue weighted by Crippen LogP contribution is 2.31. The molecule has 24 heavy (non-hydrogen) atoms. The van der Waals surface area contributed by atoms with Gasteiger partial charge in [0, 0.05) is 22.2 Å². The lowest BCUT2D eigenvalue weighted by Crippen LogP contribution is -2.30. The second kappa shape index (κ2) is 6.65. The van der Waals surface area contributed by atoms with Crippen molar-refractivity contribution in [2.24, 2.45) is 0 Å². The molecule has 2 nitrogen and oxygen atoms in total. The molecule has 0 radical (unpaired) electrons. The fraction of sp³-hybridized carbons (Fsp3) is 0.222. The summed E-state index contributed by atoms with van der Waals surface area (Å²) >= 11 is 0. The minimum Gasteiger partial charge on any atom is -0.354 e. The molecule has 0 fully saturated rings. The van der Waals surface area contributed by atoms with Crippen LogP contribution in [0, 0.1) is 5.82 Å². The molecule has 0 aliphatic heterocycles. The minimum absolute atomic E-state index is 0.184.